The molecule has 0 saturated heterocycles. The predicted octanol–water partition coefficient (Wildman–Crippen LogP) is 2.50. The molecule has 1 heterocycles. The van der Waals surface area contributed by atoms with Crippen LogP contribution in [-0.2, 0) is 0 Å². The SMILES string of the molecule is CC(CN)C(N)c1csc2ccccc12. The number of fused-ring (bicyclic) bond motifs is 1. The lowest BCUT2D eigenvalue weighted by atomic mass is 9.95. The highest BCUT2D eigenvalue weighted by Crippen LogP contribution is 2.31. The van der Waals surface area contributed by atoms with Crippen molar-refractivity contribution in [3.63, 3.8) is 0 Å². The van der Waals surface area contributed by atoms with Gasteiger partial charge in [-0.05, 0) is 34.9 Å². The van der Waals surface area contributed by atoms with Gasteiger partial charge in [0.2, 0.25) is 0 Å². The Kier molecular flexibility index (Phi) is 3.05. The fourth-order valence-electron chi connectivity index (χ4n) is 1.71. The Labute approximate surface area is 93.9 Å². The van der Waals surface area contributed by atoms with Crippen molar-refractivity contribution in [3.8, 4) is 0 Å². The molecule has 15 heavy (non-hydrogen) atoms. The van der Waals surface area contributed by atoms with Gasteiger partial charge in [0.25, 0.3) is 0 Å². The third-order valence-electron chi connectivity index (χ3n) is 2.85. The van der Waals surface area contributed by atoms with Gasteiger partial charge >= 0.3 is 0 Å². The molecular weight excluding hydrogens is 204 g/mol. The van der Waals surface area contributed by atoms with Gasteiger partial charge in [-0.25, -0.2) is 0 Å². The van der Waals surface area contributed by atoms with E-state index in [0.29, 0.717) is 12.5 Å². The number of hydrogen-bond acceptors (Lipinski definition) is 3. The third-order valence-corrected chi connectivity index (χ3v) is 3.84. The first-order chi connectivity index (χ1) is 7.24. The van der Waals surface area contributed by atoms with Crippen molar-refractivity contribution in [2.75, 3.05) is 6.54 Å². The average molecular weight is 220 g/mol. The zero-order valence-electron chi connectivity index (χ0n) is 8.81. The van der Waals surface area contributed by atoms with E-state index in [0.717, 1.165) is 0 Å². The molecule has 2 unspecified atom stereocenters. The summed E-state index contributed by atoms with van der Waals surface area (Å²) >= 11 is 1.75. The summed E-state index contributed by atoms with van der Waals surface area (Å²) in [6.45, 7) is 2.72. The van der Waals surface area contributed by atoms with Crippen LogP contribution in [0.1, 0.15) is 18.5 Å². The molecule has 80 valence electrons. The molecule has 1 aromatic heterocycles. The maximum absolute atomic E-state index is 6.19. The monoisotopic (exact) mass is 220 g/mol. The van der Waals surface area contributed by atoms with Gasteiger partial charge in [-0.3, -0.25) is 0 Å². The van der Waals surface area contributed by atoms with Crippen LogP contribution in [0, 0.1) is 5.92 Å². The van der Waals surface area contributed by atoms with Gasteiger partial charge in [-0.15, -0.1) is 11.3 Å². The minimum Gasteiger partial charge on any atom is -0.330 e. The van der Waals surface area contributed by atoms with Crippen molar-refractivity contribution in [3.05, 3.63) is 35.2 Å². The first-order valence-corrected chi connectivity index (χ1v) is 6.03. The first kappa shape index (κ1) is 10.6. The lowest BCUT2D eigenvalue weighted by molar-refractivity contribution is 0.484. The summed E-state index contributed by atoms with van der Waals surface area (Å²) in [4.78, 5) is 0. The fourth-order valence-corrected chi connectivity index (χ4v) is 2.72. The Balaban J connectivity index is 2.43. The molecule has 2 aromatic rings. The van der Waals surface area contributed by atoms with E-state index in [1.165, 1.54) is 15.6 Å². The molecule has 0 fully saturated rings. The number of nitrogens with two attached hydrogens (primary N) is 2. The third kappa shape index (κ3) is 1.91. The second kappa shape index (κ2) is 4.31. The molecule has 2 rings (SSSR count). The summed E-state index contributed by atoms with van der Waals surface area (Å²) in [5.41, 5.74) is 13.1. The molecule has 0 aliphatic carbocycles. The molecule has 0 amide bonds. The molecule has 0 bridgehead atoms. The number of rotatable bonds is 3. The Morgan fingerprint density at radius 2 is 2.07 bits per heavy atom. The van der Waals surface area contributed by atoms with Crippen LogP contribution in [0.3, 0.4) is 0 Å². The van der Waals surface area contributed by atoms with Crippen molar-refractivity contribution in [1.82, 2.24) is 0 Å². The summed E-state index contributed by atoms with van der Waals surface area (Å²) < 4.78 is 1.30. The predicted molar refractivity (Wildman–Crippen MR) is 67.0 cm³/mol. The van der Waals surface area contributed by atoms with Crippen molar-refractivity contribution in [2.24, 2.45) is 17.4 Å². The molecule has 0 saturated carbocycles. The van der Waals surface area contributed by atoms with Crippen molar-refractivity contribution in [1.29, 1.82) is 0 Å². The average Bonchev–Trinajstić information content (AvgIpc) is 2.70. The molecule has 3 heteroatoms. The smallest absolute Gasteiger partial charge is 0.0347 e. The summed E-state index contributed by atoms with van der Waals surface area (Å²) in [6.07, 6.45) is 0. The van der Waals surface area contributed by atoms with E-state index in [1.54, 1.807) is 11.3 Å². The van der Waals surface area contributed by atoms with E-state index >= 15 is 0 Å². The Bertz CT molecular complexity index is 450. The molecule has 2 atom stereocenters. The maximum Gasteiger partial charge on any atom is 0.0347 e. The van der Waals surface area contributed by atoms with Gasteiger partial charge in [0.05, 0.1) is 0 Å². The van der Waals surface area contributed by atoms with Crippen LogP contribution in [0.25, 0.3) is 10.1 Å². The van der Waals surface area contributed by atoms with Crippen LogP contribution in [-0.4, -0.2) is 6.54 Å². The van der Waals surface area contributed by atoms with Gasteiger partial charge in [0.15, 0.2) is 0 Å². The van der Waals surface area contributed by atoms with Gasteiger partial charge in [0, 0.05) is 10.7 Å². The largest absolute Gasteiger partial charge is 0.330 e. The van der Waals surface area contributed by atoms with Gasteiger partial charge in [-0.2, -0.15) is 0 Å². The number of benzene rings is 1. The van der Waals surface area contributed by atoms with E-state index in [9.17, 15) is 0 Å². The normalized spacial score (nSPS) is 15.4. The lowest BCUT2D eigenvalue weighted by Crippen LogP contribution is -2.25. The highest BCUT2D eigenvalue weighted by Gasteiger charge is 2.16. The molecule has 0 aliphatic rings. The summed E-state index contributed by atoms with van der Waals surface area (Å²) in [6, 6.07) is 8.41. The van der Waals surface area contributed by atoms with Crippen LogP contribution in [0.4, 0.5) is 0 Å². The van der Waals surface area contributed by atoms with Crippen molar-refractivity contribution < 1.29 is 0 Å². The Hall–Kier alpha value is -0.900. The second-order valence-electron chi connectivity index (χ2n) is 3.93. The van der Waals surface area contributed by atoms with Crippen molar-refractivity contribution in [2.45, 2.75) is 13.0 Å². The maximum atomic E-state index is 6.19. The van der Waals surface area contributed by atoms with Crippen molar-refractivity contribution >= 4 is 21.4 Å². The fraction of sp³-hybridized carbons (Fsp3) is 0.333. The first-order valence-electron chi connectivity index (χ1n) is 5.16. The van der Waals surface area contributed by atoms with E-state index < -0.39 is 0 Å². The molecule has 2 nitrogen and oxygen atoms in total. The minimum atomic E-state index is 0.0474. The zero-order valence-corrected chi connectivity index (χ0v) is 9.63. The van der Waals surface area contributed by atoms with Gasteiger partial charge in [0.1, 0.15) is 0 Å². The van der Waals surface area contributed by atoms with Crippen LogP contribution in [0.5, 0.6) is 0 Å². The quantitative estimate of drug-likeness (QED) is 0.835. The topological polar surface area (TPSA) is 52.0 Å². The van der Waals surface area contributed by atoms with Crippen LogP contribution >= 0.6 is 11.3 Å². The van der Waals surface area contributed by atoms with Crippen LogP contribution < -0.4 is 11.5 Å². The van der Waals surface area contributed by atoms with Gasteiger partial charge < -0.3 is 11.5 Å². The Morgan fingerprint density at radius 1 is 1.33 bits per heavy atom. The van der Waals surface area contributed by atoms with Crippen LogP contribution in [0.2, 0.25) is 0 Å². The molecule has 0 aliphatic heterocycles. The van der Waals surface area contributed by atoms with E-state index in [4.69, 9.17) is 11.5 Å². The molecular formula is C12H16N2S. The Morgan fingerprint density at radius 3 is 2.80 bits per heavy atom. The lowest BCUT2D eigenvalue weighted by Gasteiger charge is -2.17. The standard InChI is InChI=1S/C12H16N2S/c1-8(6-13)12(14)10-7-15-11-5-3-2-4-9(10)11/h2-5,7-8,12H,6,13-14H2,1H3. The molecule has 4 N–H and O–H groups in total. The highest BCUT2D eigenvalue weighted by molar-refractivity contribution is 7.17. The molecule has 0 spiro atoms. The molecule has 0 radical (unpaired) electrons. The number of hydrogen-bond donors (Lipinski definition) is 2. The van der Waals surface area contributed by atoms with E-state index in [2.05, 4.69) is 36.6 Å². The van der Waals surface area contributed by atoms with Gasteiger partial charge in [-0.1, -0.05) is 25.1 Å². The second-order valence-corrected chi connectivity index (χ2v) is 4.84. The molecule has 1 aromatic carbocycles. The summed E-state index contributed by atoms with van der Waals surface area (Å²) in [5, 5.41) is 3.43. The van der Waals surface area contributed by atoms with E-state index in [1.807, 2.05) is 0 Å². The van der Waals surface area contributed by atoms with E-state index in [-0.39, 0.29) is 6.04 Å². The summed E-state index contributed by atoms with van der Waals surface area (Å²) in [5.74, 6) is 0.322. The minimum absolute atomic E-state index is 0.0474. The zero-order chi connectivity index (χ0) is 10.8. The summed E-state index contributed by atoms with van der Waals surface area (Å²) in [7, 11) is 0. The van der Waals surface area contributed by atoms with Crippen LogP contribution in [0.15, 0.2) is 29.6 Å². The highest BCUT2D eigenvalue weighted by atomic mass is 32.1. The number of thiophene rings is 1.